The number of carbonyl (C=O) groups excluding carboxylic acids is 1. The standard InChI is InChI=1S/C14H18ClNO2/c15-10-12-6-8-16(9-7-12)14(17)11-18-13-4-2-1-3-5-13/h1-5,12H,6-11H2. The van der Waals surface area contributed by atoms with E-state index in [4.69, 9.17) is 16.3 Å². The van der Waals surface area contributed by atoms with Crippen LogP contribution in [0.5, 0.6) is 5.75 Å². The lowest BCUT2D eigenvalue weighted by atomic mass is 9.99. The summed E-state index contributed by atoms with van der Waals surface area (Å²) in [4.78, 5) is 13.8. The smallest absolute Gasteiger partial charge is 0.260 e. The van der Waals surface area contributed by atoms with Gasteiger partial charge in [0, 0.05) is 19.0 Å². The van der Waals surface area contributed by atoms with Gasteiger partial charge in [-0.2, -0.15) is 0 Å². The summed E-state index contributed by atoms with van der Waals surface area (Å²) >= 11 is 5.82. The number of carbonyl (C=O) groups is 1. The maximum atomic E-state index is 11.9. The van der Waals surface area contributed by atoms with Crippen molar-refractivity contribution in [2.75, 3.05) is 25.6 Å². The first-order valence-electron chi connectivity index (χ1n) is 6.31. The van der Waals surface area contributed by atoms with Gasteiger partial charge in [-0.05, 0) is 30.9 Å². The fourth-order valence-electron chi connectivity index (χ4n) is 2.09. The zero-order valence-corrected chi connectivity index (χ0v) is 11.1. The van der Waals surface area contributed by atoms with Crippen molar-refractivity contribution in [2.24, 2.45) is 5.92 Å². The minimum absolute atomic E-state index is 0.0619. The van der Waals surface area contributed by atoms with Crippen LogP contribution in [0.25, 0.3) is 0 Å². The van der Waals surface area contributed by atoms with Crippen LogP contribution in [-0.4, -0.2) is 36.4 Å². The molecule has 1 amide bonds. The van der Waals surface area contributed by atoms with Crippen LogP contribution in [0.3, 0.4) is 0 Å². The van der Waals surface area contributed by atoms with Crippen LogP contribution < -0.4 is 4.74 Å². The first-order chi connectivity index (χ1) is 8.79. The normalized spacial score (nSPS) is 16.6. The number of nitrogens with zero attached hydrogens (tertiary/aromatic N) is 1. The first kappa shape index (κ1) is 13.2. The van der Waals surface area contributed by atoms with E-state index in [1.807, 2.05) is 35.2 Å². The molecule has 1 aromatic carbocycles. The summed E-state index contributed by atoms with van der Waals surface area (Å²) in [6.07, 6.45) is 2.00. The predicted molar refractivity (Wildman–Crippen MR) is 72.0 cm³/mol. The van der Waals surface area contributed by atoms with E-state index in [9.17, 15) is 4.79 Å². The van der Waals surface area contributed by atoms with Gasteiger partial charge in [-0.15, -0.1) is 11.6 Å². The molecule has 98 valence electrons. The van der Waals surface area contributed by atoms with Gasteiger partial charge >= 0.3 is 0 Å². The van der Waals surface area contributed by atoms with Crippen molar-refractivity contribution in [1.82, 2.24) is 4.90 Å². The predicted octanol–water partition coefficient (Wildman–Crippen LogP) is 2.54. The molecule has 0 atom stereocenters. The van der Waals surface area contributed by atoms with E-state index in [1.54, 1.807) is 0 Å². The number of para-hydroxylation sites is 1. The molecule has 0 spiro atoms. The molecule has 0 aromatic heterocycles. The fourth-order valence-corrected chi connectivity index (χ4v) is 2.40. The Morgan fingerprint density at radius 1 is 1.28 bits per heavy atom. The number of rotatable bonds is 4. The Morgan fingerprint density at radius 3 is 2.56 bits per heavy atom. The third-order valence-electron chi connectivity index (χ3n) is 3.29. The molecule has 0 bridgehead atoms. The summed E-state index contributed by atoms with van der Waals surface area (Å²) in [7, 11) is 0. The summed E-state index contributed by atoms with van der Waals surface area (Å²) < 4.78 is 5.46. The molecule has 1 saturated heterocycles. The van der Waals surface area contributed by atoms with Crippen LogP contribution in [0.15, 0.2) is 30.3 Å². The maximum absolute atomic E-state index is 11.9. The molecule has 1 aromatic rings. The van der Waals surface area contributed by atoms with Crippen LogP contribution in [0.2, 0.25) is 0 Å². The number of ether oxygens (including phenoxy) is 1. The first-order valence-corrected chi connectivity index (χ1v) is 6.84. The zero-order chi connectivity index (χ0) is 12.8. The van der Waals surface area contributed by atoms with E-state index < -0.39 is 0 Å². The molecule has 18 heavy (non-hydrogen) atoms. The third kappa shape index (κ3) is 3.64. The van der Waals surface area contributed by atoms with Gasteiger partial charge in [-0.3, -0.25) is 4.79 Å². The lowest BCUT2D eigenvalue weighted by molar-refractivity contribution is -0.134. The molecule has 0 saturated carbocycles. The SMILES string of the molecule is O=C(COc1ccccc1)N1CCC(CCl)CC1. The molecule has 1 fully saturated rings. The van der Waals surface area contributed by atoms with Crippen molar-refractivity contribution in [3.05, 3.63) is 30.3 Å². The second-order valence-corrected chi connectivity index (χ2v) is 4.89. The maximum Gasteiger partial charge on any atom is 0.260 e. The van der Waals surface area contributed by atoms with E-state index in [0.29, 0.717) is 11.8 Å². The van der Waals surface area contributed by atoms with Crippen LogP contribution >= 0.6 is 11.6 Å². The molecule has 0 radical (unpaired) electrons. The Balaban J connectivity index is 1.75. The van der Waals surface area contributed by atoms with E-state index >= 15 is 0 Å². The molecule has 2 rings (SSSR count). The summed E-state index contributed by atoms with van der Waals surface area (Å²) in [5.74, 6) is 2.06. The zero-order valence-electron chi connectivity index (χ0n) is 10.3. The highest BCUT2D eigenvalue weighted by Crippen LogP contribution is 2.18. The van der Waals surface area contributed by atoms with Crippen LogP contribution in [0.4, 0.5) is 0 Å². The van der Waals surface area contributed by atoms with Gasteiger partial charge in [0.25, 0.3) is 5.91 Å². The molecular formula is C14H18ClNO2. The lowest BCUT2D eigenvalue weighted by Gasteiger charge is -2.31. The fraction of sp³-hybridized carbons (Fsp3) is 0.500. The van der Waals surface area contributed by atoms with E-state index in [-0.39, 0.29) is 12.5 Å². The quantitative estimate of drug-likeness (QED) is 0.785. The number of piperidine rings is 1. The largest absolute Gasteiger partial charge is 0.484 e. The highest BCUT2D eigenvalue weighted by molar-refractivity contribution is 6.18. The van der Waals surface area contributed by atoms with Crippen LogP contribution in [-0.2, 0) is 4.79 Å². The second kappa shape index (κ2) is 6.64. The summed E-state index contributed by atoms with van der Waals surface area (Å²) in [5.41, 5.74) is 0. The van der Waals surface area contributed by atoms with Crippen molar-refractivity contribution in [3.8, 4) is 5.75 Å². The topological polar surface area (TPSA) is 29.5 Å². The summed E-state index contributed by atoms with van der Waals surface area (Å²) in [6, 6.07) is 9.42. The average Bonchev–Trinajstić information content (AvgIpc) is 2.46. The molecule has 0 unspecified atom stereocenters. The van der Waals surface area contributed by atoms with Gasteiger partial charge in [-0.25, -0.2) is 0 Å². The van der Waals surface area contributed by atoms with Gasteiger partial charge in [0.15, 0.2) is 6.61 Å². The van der Waals surface area contributed by atoms with Crippen molar-refractivity contribution < 1.29 is 9.53 Å². The number of alkyl halides is 1. The minimum atomic E-state index is 0.0619. The number of likely N-dealkylation sites (tertiary alicyclic amines) is 1. The van der Waals surface area contributed by atoms with Crippen molar-refractivity contribution in [1.29, 1.82) is 0 Å². The van der Waals surface area contributed by atoms with Crippen molar-refractivity contribution in [3.63, 3.8) is 0 Å². The van der Waals surface area contributed by atoms with Gasteiger partial charge in [0.05, 0.1) is 0 Å². The highest BCUT2D eigenvalue weighted by Gasteiger charge is 2.22. The molecule has 4 heteroatoms. The van der Waals surface area contributed by atoms with E-state index in [1.165, 1.54) is 0 Å². The van der Waals surface area contributed by atoms with E-state index in [2.05, 4.69) is 0 Å². The lowest BCUT2D eigenvalue weighted by Crippen LogP contribution is -2.41. The monoisotopic (exact) mass is 267 g/mol. The number of benzene rings is 1. The number of hydrogen-bond acceptors (Lipinski definition) is 2. The molecular weight excluding hydrogens is 250 g/mol. The average molecular weight is 268 g/mol. The Labute approximate surface area is 113 Å². The molecule has 0 N–H and O–H groups in total. The molecule has 1 aliphatic rings. The summed E-state index contributed by atoms with van der Waals surface area (Å²) in [6.45, 7) is 1.72. The van der Waals surface area contributed by atoms with Crippen molar-refractivity contribution in [2.45, 2.75) is 12.8 Å². The molecule has 3 nitrogen and oxygen atoms in total. The number of halogens is 1. The minimum Gasteiger partial charge on any atom is -0.484 e. The molecule has 0 aliphatic carbocycles. The van der Waals surface area contributed by atoms with Gasteiger partial charge in [-0.1, -0.05) is 18.2 Å². The molecule has 1 aliphatic heterocycles. The van der Waals surface area contributed by atoms with E-state index in [0.717, 1.165) is 31.7 Å². The van der Waals surface area contributed by atoms with Crippen LogP contribution in [0, 0.1) is 5.92 Å². The number of hydrogen-bond donors (Lipinski definition) is 0. The Hall–Kier alpha value is -1.22. The summed E-state index contributed by atoms with van der Waals surface area (Å²) in [5, 5.41) is 0. The Morgan fingerprint density at radius 2 is 1.94 bits per heavy atom. The van der Waals surface area contributed by atoms with Crippen molar-refractivity contribution >= 4 is 17.5 Å². The number of amides is 1. The third-order valence-corrected chi connectivity index (χ3v) is 3.73. The Kier molecular flexibility index (Phi) is 4.88. The highest BCUT2D eigenvalue weighted by atomic mass is 35.5. The van der Waals surface area contributed by atoms with Gasteiger partial charge in [0.1, 0.15) is 5.75 Å². The van der Waals surface area contributed by atoms with Gasteiger partial charge < -0.3 is 9.64 Å². The van der Waals surface area contributed by atoms with Crippen LogP contribution in [0.1, 0.15) is 12.8 Å². The second-order valence-electron chi connectivity index (χ2n) is 4.58. The Bertz CT molecular complexity index is 375. The molecule has 1 heterocycles. The van der Waals surface area contributed by atoms with Gasteiger partial charge in [0.2, 0.25) is 0 Å².